The molecule has 236 valence electrons. The molecule has 0 fully saturated rings. The minimum absolute atomic E-state index is 0.828. The molecule has 0 aromatic rings. The van der Waals surface area contributed by atoms with Crippen LogP contribution in [-0.4, -0.2) is 0 Å². The molecular weight excluding hydrogens is 468 g/mol. The van der Waals surface area contributed by atoms with E-state index in [1.54, 1.807) is 0 Å². The Morgan fingerprint density at radius 3 is 1.08 bits per heavy atom. The smallest absolute Gasteiger partial charge is 0.0391 e. The molecule has 0 N–H and O–H groups in total. The largest absolute Gasteiger partial charge is 0.0651 e. The van der Waals surface area contributed by atoms with E-state index < -0.39 is 0 Å². The van der Waals surface area contributed by atoms with Crippen LogP contribution in [0.25, 0.3) is 0 Å². The number of hydrogen-bond acceptors (Lipinski definition) is 0. The second-order valence-electron chi connectivity index (χ2n) is 16.5. The SMILES string of the molecule is CCC(C)C(C)C(C)CCC(C)CC(C)C(C)CC(C)CCCC(C)CC(C)C(C)CC(C)C(C)CC(C)C. The quantitative estimate of drug-likeness (QED) is 0.119. The van der Waals surface area contributed by atoms with Gasteiger partial charge in [0.25, 0.3) is 0 Å². The molecule has 12 atom stereocenters. The van der Waals surface area contributed by atoms with E-state index in [9.17, 15) is 0 Å². The summed E-state index contributed by atoms with van der Waals surface area (Å²) in [5.74, 6) is 11.2. The summed E-state index contributed by atoms with van der Waals surface area (Å²) in [7, 11) is 0. The van der Waals surface area contributed by atoms with E-state index in [2.05, 4.69) is 104 Å². The van der Waals surface area contributed by atoms with Crippen molar-refractivity contribution < 1.29 is 0 Å². The fourth-order valence-electron chi connectivity index (χ4n) is 7.54. The molecule has 12 unspecified atom stereocenters. The Hall–Kier alpha value is 0. The maximum Gasteiger partial charge on any atom is -0.0391 e. The van der Waals surface area contributed by atoms with Crippen molar-refractivity contribution in [1.29, 1.82) is 0 Å². The van der Waals surface area contributed by atoms with E-state index in [1.165, 1.54) is 70.6 Å². The topological polar surface area (TPSA) is 0 Å². The van der Waals surface area contributed by atoms with Gasteiger partial charge in [-0.15, -0.1) is 0 Å². The summed E-state index contributed by atoms with van der Waals surface area (Å²) in [4.78, 5) is 0. The fourth-order valence-corrected chi connectivity index (χ4v) is 7.54. The van der Waals surface area contributed by atoms with Crippen LogP contribution in [0, 0.1) is 76.9 Å². The highest BCUT2D eigenvalue weighted by molar-refractivity contribution is 4.74. The van der Waals surface area contributed by atoms with Crippen LogP contribution in [0.3, 0.4) is 0 Å². The summed E-state index contributed by atoms with van der Waals surface area (Å²) in [6.07, 6.45) is 15.5. The van der Waals surface area contributed by atoms with Crippen molar-refractivity contribution in [2.45, 2.75) is 174 Å². The zero-order valence-corrected chi connectivity index (χ0v) is 30.3. The first-order chi connectivity index (χ1) is 18.1. The molecule has 0 heteroatoms. The van der Waals surface area contributed by atoms with E-state index in [-0.39, 0.29) is 0 Å². The van der Waals surface area contributed by atoms with Gasteiger partial charge in [0, 0.05) is 0 Å². The van der Waals surface area contributed by atoms with Gasteiger partial charge in [0.05, 0.1) is 0 Å². The standard InChI is InChI=1S/C39H80/c1-16-31(7)39(15)32(8)21-20-30(6)25-35(11)34(10)23-28(4)18-17-19-29(5)24-36(12)38(14)26-37(13)33(9)22-27(2)3/h27-39H,16-26H2,1-15H3. The highest BCUT2D eigenvalue weighted by atomic mass is 14.3. The second-order valence-corrected chi connectivity index (χ2v) is 16.5. The van der Waals surface area contributed by atoms with Crippen LogP contribution in [0.4, 0.5) is 0 Å². The lowest BCUT2D eigenvalue weighted by Gasteiger charge is -2.29. The van der Waals surface area contributed by atoms with Gasteiger partial charge in [-0.25, -0.2) is 0 Å². The minimum Gasteiger partial charge on any atom is -0.0651 e. The molecule has 0 rings (SSSR count). The predicted octanol–water partition coefficient (Wildman–Crippen LogP) is 13.6. The molecule has 0 radical (unpaired) electrons. The highest BCUT2D eigenvalue weighted by Crippen LogP contribution is 2.34. The molecule has 0 heterocycles. The Bertz CT molecular complexity index is 562. The van der Waals surface area contributed by atoms with Crippen LogP contribution in [-0.2, 0) is 0 Å². The Morgan fingerprint density at radius 1 is 0.333 bits per heavy atom. The molecule has 0 spiro atoms. The Morgan fingerprint density at radius 2 is 0.692 bits per heavy atom. The molecule has 0 bridgehead atoms. The van der Waals surface area contributed by atoms with Crippen molar-refractivity contribution in [3.8, 4) is 0 Å². The molecule has 0 aromatic carbocycles. The monoisotopic (exact) mass is 549 g/mol. The van der Waals surface area contributed by atoms with Gasteiger partial charge in [0.1, 0.15) is 0 Å². The molecule has 0 saturated carbocycles. The lowest BCUT2D eigenvalue weighted by molar-refractivity contribution is 0.215. The van der Waals surface area contributed by atoms with E-state index in [0.29, 0.717) is 0 Å². The molecule has 0 amide bonds. The Labute approximate surface area is 251 Å². The van der Waals surface area contributed by atoms with Crippen LogP contribution in [0.5, 0.6) is 0 Å². The van der Waals surface area contributed by atoms with Crippen LogP contribution in [0.2, 0.25) is 0 Å². The van der Waals surface area contributed by atoms with Crippen molar-refractivity contribution >= 4 is 0 Å². The highest BCUT2D eigenvalue weighted by Gasteiger charge is 2.23. The van der Waals surface area contributed by atoms with Gasteiger partial charge in [0.2, 0.25) is 0 Å². The van der Waals surface area contributed by atoms with Gasteiger partial charge in [0.15, 0.2) is 0 Å². The lowest BCUT2D eigenvalue weighted by Crippen LogP contribution is -2.19. The van der Waals surface area contributed by atoms with Crippen LogP contribution < -0.4 is 0 Å². The van der Waals surface area contributed by atoms with Crippen molar-refractivity contribution in [2.75, 3.05) is 0 Å². The van der Waals surface area contributed by atoms with E-state index in [1.807, 2.05) is 0 Å². The van der Waals surface area contributed by atoms with Crippen molar-refractivity contribution in [3.05, 3.63) is 0 Å². The van der Waals surface area contributed by atoms with Crippen LogP contribution in [0.15, 0.2) is 0 Å². The summed E-state index contributed by atoms with van der Waals surface area (Å²) < 4.78 is 0. The molecule has 0 aliphatic rings. The van der Waals surface area contributed by atoms with Gasteiger partial charge in [-0.05, 0) is 109 Å². The average molecular weight is 549 g/mol. The first-order valence-electron chi connectivity index (χ1n) is 18.1. The van der Waals surface area contributed by atoms with Gasteiger partial charge in [-0.2, -0.15) is 0 Å². The normalized spacial score (nSPS) is 21.8. The minimum atomic E-state index is 0.828. The first-order valence-corrected chi connectivity index (χ1v) is 18.1. The summed E-state index contributed by atoms with van der Waals surface area (Å²) in [6.45, 7) is 37.2. The molecule has 0 saturated heterocycles. The van der Waals surface area contributed by atoms with E-state index >= 15 is 0 Å². The van der Waals surface area contributed by atoms with Gasteiger partial charge in [-0.3, -0.25) is 0 Å². The Balaban J connectivity index is 4.27. The maximum absolute atomic E-state index is 2.54. The first kappa shape index (κ1) is 39.0. The van der Waals surface area contributed by atoms with Crippen LogP contribution in [0.1, 0.15) is 174 Å². The summed E-state index contributed by atoms with van der Waals surface area (Å²) >= 11 is 0. The third-order valence-corrected chi connectivity index (χ3v) is 11.8. The van der Waals surface area contributed by atoms with Crippen molar-refractivity contribution in [2.24, 2.45) is 76.9 Å². The van der Waals surface area contributed by atoms with Crippen molar-refractivity contribution in [1.82, 2.24) is 0 Å². The molecular formula is C39H80. The molecule has 39 heavy (non-hydrogen) atoms. The molecule has 0 aliphatic carbocycles. The summed E-state index contributed by atoms with van der Waals surface area (Å²) in [5, 5.41) is 0. The fraction of sp³-hybridized carbons (Fsp3) is 1.00. The molecule has 0 aromatic heterocycles. The van der Waals surface area contributed by atoms with E-state index in [4.69, 9.17) is 0 Å². The van der Waals surface area contributed by atoms with E-state index in [0.717, 1.165) is 76.9 Å². The van der Waals surface area contributed by atoms with Crippen molar-refractivity contribution in [3.63, 3.8) is 0 Å². The zero-order chi connectivity index (χ0) is 30.3. The Kier molecular flexibility index (Phi) is 20.8. The van der Waals surface area contributed by atoms with Gasteiger partial charge >= 0.3 is 0 Å². The zero-order valence-electron chi connectivity index (χ0n) is 30.3. The second kappa shape index (κ2) is 20.8. The third-order valence-electron chi connectivity index (χ3n) is 11.8. The predicted molar refractivity (Wildman–Crippen MR) is 181 cm³/mol. The maximum atomic E-state index is 2.54. The van der Waals surface area contributed by atoms with Crippen LogP contribution >= 0.6 is 0 Å². The average Bonchev–Trinajstić information content (AvgIpc) is 2.85. The molecule has 0 aliphatic heterocycles. The summed E-state index contributed by atoms with van der Waals surface area (Å²) in [6, 6.07) is 0. The summed E-state index contributed by atoms with van der Waals surface area (Å²) in [5.41, 5.74) is 0. The van der Waals surface area contributed by atoms with Gasteiger partial charge in [-0.1, -0.05) is 142 Å². The molecule has 0 nitrogen and oxygen atoms in total. The lowest BCUT2D eigenvalue weighted by atomic mass is 9.77. The van der Waals surface area contributed by atoms with Gasteiger partial charge < -0.3 is 0 Å². The number of hydrogen-bond donors (Lipinski definition) is 0. The third kappa shape index (κ3) is 17.5. The number of rotatable bonds is 23.